The lowest BCUT2D eigenvalue weighted by Gasteiger charge is -2.12. The Bertz CT molecular complexity index is 911. The fourth-order valence-electron chi connectivity index (χ4n) is 2.37. The third-order valence-corrected chi connectivity index (χ3v) is 4.98. The highest BCUT2D eigenvalue weighted by molar-refractivity contribution is 7.92. The van der Waals surface area contributed by atoms with Gasteiger partial charge in [0.1, 0.15) is 0 Å². The molecule has 0 fully saturated rings. The molecule has 2 N–H and O–H groups in total. The molecule has 0 radical (unpaired) electrons. The van der Waals surface area contributed by atoms with Crippen LogP contribution in [0.25, 0.3) is 10.9 Å². The maximum Gasteiger partial charge on any atom is 0.262 e. The first kappa shape index (κ1) is 13.7. The summed E-state index contributed by atoms with van der Waals surface area (Å²) >= 11 is 0. The Kier molecular flexibility index (Phi) is 3.22. The van der Waals surface area contributed by atoms with Gasteiger partial charge in [-0.05, 0) is 49.2 Å². The van der Waals surface area contributed by atoms with E-state index >= 15 is 0 Å². The third-order valence-electron chi connectivity index (χ3n) is 3.47. The van der Waals surface area contributed by atoms with Gasteiger partial charge in [0, 0.05) is 17.1 Å². The van der Waals surface area contributed by atoms with Gasteiger partial charge in [0.25, 0.3) is 10.0 Å². The quantitative estimate of drug-likeness (QED) is 0.776. The zero-order chi connectivity index (χ0) is 15.0. The van der Waals surface area contributed by atoms with E-state index in [9.17, 15) is 8.42 Å². The van der Waals surface area contributed by atoms with Crippen LogP contribution in [-0.2, 0) is 10.0 Å². The Hall–Kier alpha value is -2.27. The summed E-state index contributed by atoms with van der Waals surface area (Å²) in [6.07, 6.45) is 1.79. The molecule has 4 nitrogen and oxygen atoms in total. The van der Waals surface area contributed by atoms with Crippen LogP contribution in [0.2, 0.25) is 0 Å². The molecular formula is C16H16N2O2S. The number of hydrogen-bond donors (Lipinski definition) is 2. The van der Waals surface area contributed by atoms with E-state index in [2.05, 4.69) is 9.71 Å². The summed E-state index contributed by atoms with van der Waals surface area (Å²) in [5, 5.41) is 0.853. The Morgan fingerprint density at radius 1 is 1.05 bits per heavy atom. The van der Waals surface area contributed by atoms with Gasteiger partial charge in [-0.2, -0.15) is 0 Å². The van der Waals surface area contributed by atoms with Crippen LogP contribution in [0, 0.1) is 13.8 Å². The monoisotopic (exact) mass is 300 g/mol. The maximum absolute atomic E-state index is 12.6. The number of aromatic amines is 1. The number of H-pyrrole nitrogens is 1. The number of sulfonamides is 1. The fraction of sp³-hybridized carbons (Fsp3) is 0.125. The maximum atomic E-state index is 12.6. The van der Waals surface area contributed by atoms with E-state index in [0.29, 0.717) is 10.6 Å². The standard InChI is InChI=1S/C16H16N2O2S/c1-11-6-7-12(2)16(10-11)21(19,20)18-15-5-3-4-14-13(15)8-9-17-14/h3-10,17-18H,1-2H3. The first-order valence-electron chi connectivity index (χ1n) is 6.63. The highest BCUT2D eigenvalue weighted by Gasteiger charge is 2.18. The Balaban J connectivity index is 2.08. The Morgan fingerprint density at radius 3 is 2.67 bits per heavy atom. The van der Waals surface area contributed by atoms with Crippen LogP contribution in [0.4, 0.5) is 5.69 Å². The largest absolute Gasteiger partial charge is 0.361 e. The van der Waals surface area contributed by atoms with Crippen molar-refractivity contribution in [3.05, 3.63) is 59.8 Å². The van der Waals surface area contributed by atoms with Gasteiger partial charge in [-0.3, -0.25) is 4.72 Å². The minimum Gasteiger partial charge on any atom is -0.361 e. The molecule has 1 heterocycles. The van der Waals surface area contributed by atoms with Crippen molar-refractivity contribution in [2.24, 2.45) is 0 Å². The van der Waals surface area contributed by atoms with Crippen LogP contribution >= 0.6 is 0 Å². The number of anilines is 1. The van der Waals surface area contributed by atoms with Crippen molar-refractivity contribution in [3.63, 3.8) is 0 Å². The number of benzene rings is 2. The van der Waals surface area contributed by atoms with Crippen LogP contribution in [0.15, 0.2) is 53.6 Å². The molecule has 0 aliphatic heterocycles. The molecule has 1 aromatic heterocycles. The average Bonchev–Trinajstić information content (AvgIpc) is 2.90. The van der Waals surface area contributed by atoms with Crippen molar-refractivity contribution in [1.29, 1.82) is 0 Å². The molecule has 0 bridgehead atoms. The van der Waals surface area contributed by atoms with Gasteiger partial charge < -0.3 is 4.98 Å². The third kappa shape index (κ3) is 2.52. The topological polar surface area (TPSA) is 62.0 Å². The molecule has 21 heavy (non-hydrogen) atoms. The molecule has 0 aliphatic carbocycles. The van der Waals surface area contributed by atoms with Gasteiger partial charge in [-0.25, -0.2) is 8.42 Å². The predicted octanol–water partition coefficient (Wildman–Crippen LogP) is 3.59. The highest BCUT2D eigenvalue weighted by Crippen LogP contribution is 2.26. The van der Waals surface area contributed by atoms with Crippen LogP contribution in [0.3, 0.4) is 0 Å². The van der Waals surface area contributed by atoms with Crippen molar-refractivity contribution in [1.82, 2.24) is 4.98 Å². The summed E-state index contributed by atoms with van der Waals surface area (Å²) in [6, 6.07) is 12.8. The van der Waals surface area contributed by atoms with Crippen molar-refractivity contribution < 1.29 is 8.42 Å². The molecule has 0 aliphatic rings. The van der Waals surface area contributed by atoms with Gasteiger partial charge in [-0.1, -0.05) is 18.2 Å². The molecule has 0 spiro atoms. The normalized spacial score (nSPS) is 11.7. The second kappa shape index (κ2) is 4.93. The summed E-state index contributed by atoms with van der Waals surface area (Å²) < 4.78 is 27.9. The second-order valence-corrected chi connectivity index (χ2v) is 6.77. The van der Waals surface area contributed by atoms with Crippen molar-refractivity contribution >= 4 is 26.6 Å². The molecule has 2 aromatic carbocycles. The van der Waals surface area contributed by atoms with Gasteiger partial charge in [-0.15, -0.1) is 0 Å². The van der Waals surface area contributed by atoms with E-state index in [4.69, 9.17) is 0 Å². The highest BCUT2D eigenvalue weighted by atomic mass is 32.2. The number of rotatable bonds is 3. The van der Waals surface area contributed by atoms with Crippen LogP contribution in [-0.4, -0.2) is 13.4 Å². The first-order valence-corrected chi connectivity index (χ1v) is 8.12. The van der Waals surface area contributed by atoms with Gasteiger partial charge in [0.15, 0.2) is 0 Å². The number of hydrogen-bond acceptors (Lipinski definition) is 2. The number of aryl methyl sites for hydroxylation is 2. The summed E-state index contributed by atoms with van der Waals surface area (Å²) in [6.45, 7) is 3.68. The zero-order valence-electron chi connectivity index (χ0n) is 11.8. The minimum atomic E-state index is -3.60. The number of nitrogens with one attached hydrogen (secondary N) is 2. The molecule has 0 unspecified atom stereocenters. The summed E-state index contributed by atoms with van der Waals surface area (Å²) in [5.41, 5.74) is 3.13. The van der Waals surface area contributed by atoms with E-state index in [1.807, 2.05) is 37.3 Å². The van der Waals surface area contributed by atoms with Crippen molar-refractivity contribution in [2.45, 2.75) is 18.7 Å². The Morgan fingerprint density at radius 2 is 1.86 bits per heavy atom. The predicted molar refractivity (Wildman–Crippen MR) is 85.0 cm³/mol. The SMILES string of the molecule is Cc1ccc(C)c(S(=O)(=O)Nc2cccc3[nH]ccc23)c1. The Labute approximate surface area is 123 Å². The van der Waals surface area contributed by atoms with Crippen molar-refractivity contribution in [2.75, 3.05) is 4.72 Å². The van der Waals surface area contributed by atoms with Crippen LogP contribution in [0.5, 0.6) is 0 Å². The van der Waals surface area contributed by atoms with E-state index in [-0.39, 0.29) is 0 Å². The van der Waals surface area contributed by atoms with E-state index in [1.165, 1.54) is 0 Å². The summed E-state index contributed by atoms with van der Waals surface area (Å²) in [7, 11) is -3.60. The van der Waals surface area contributed by atoms with E-state index in [0.717, 1.165) is 22.0 Å². The van der Waals surface area contributed by atoms with E-state index in [1.54, 1.807) is 25.3 Å². The molecule has 3 rings (SSSR count). The smallest absolute Gasteiger partial charge is 0.262 e. The summed E-state index contributed by atoms with van der Waals surface area (Å²) in [4.78, 5) is 3.39. The summed E-state index contributed by atoms with van der Waals surface area (Å²) in [5.74, 6) is 0. The van der Waals surface area contributed by atoms with Crippen LogP contribution < -0.4 is 4.72 Å². The zero-order valence-corrected chi connectivity index (χ0v) is 12.7. The average molecular weight is 300 g/mol. The van der Waals surface area contributed by atoms with Gasteiger partial charge >= 0.3 is 0 Å². The second-order valence-electron chi connectivity index (χ2n) is 5.12. The van der Waals surface area contributed by atoms with Crippen molar-refractivity contribution in [3.8, 4) is 0 Å². The lowest BCUT2D eigenvalue weighted by Crippen LogP contribution is -2.14. The lowest BCUT2D eigenvalue weighted by molar-refractivity contribution is 0.600. The molecule has 0 saturated carbocycles. The minimum absolute atomic E-state index is 0.315. The molecule has 5 heteroatoms. The molecule has 0 amide bonds. The van der Waals surface area contributed by atoms with Gasteiger partial charge in [0.05, 0.1) is 10.6 Å². The van der Waals surface area contributed by atoms with Crippen LogP contribution in [0.1, 0.15) is 11.1 Å². The molecular weight excluding hydrogens is 284 g/mol. The molecule has 108 valence electrons. The molecule has 0 atom stereocenters. The fourth-order valence-corrected chi connectivity index (χ4v) is 3.78. The number of fused-ring (bicyclic) bond motifs is 1. The molecule has 0 saturated heterocycles. The molecule has 3 aromatic rings. The van der Waals surface area contributed by atoms with Gasteiger partial charge in [0.2, 0.25) is 0 Å². The number of aromatic nitrogens is 1. The first-order chi connectivity index (χ1) is 9.97. The lowest BCUT2D eigenvalue weighted by atomic mass is 10.2. The van der Waals surface area contributed by atoms with E-state index < -0.39 is 10.0 Å².